The van der Waals surface area contributed by atoms with Crippen molar-refractivity contribution in [3.8, 4) is 0 Å². The van der Waals surface area contributed by atoms with Gasteiger partial charge in [-0.1, -0.05) is 0 Å². The Balaban J connectivity index is 1.40. The van der Waals surface area contributed by atoms with Crippen LogP contribution in [0.4, 0.5) is 0 Å². The van der Waals surface area contributed by atoms with Gasteiger partial charge in [0.05, 0.1) is 5.75 Å². The fraction of sp³-hybridized carbons (Fsp3) is 0.706. The summed E-state index contributed by atoms with van der Waals surface area (Å²) in [5.41, 5.74) is 1.07. The van der Waals surface area contributed by atoms with E-state index in [1.165, 1.54) is 25.9 Å². The van der Waals surface area contributed by atoms with E-state index in [1.54, 1.807) is 24.3 Å². The molecule has 0 radical (unpaired) electrons. The average molecular weight is 334 g/mol. The summed E-state index contributed by atoms with van der Waals surface area (Å²) in [7, 11) is 0. The van der Waals surface area contributed by atoms with E-state index in [0.29, 0.717) is 11.7 Å². The summed E-state index contributed by atoms with van der Waals surface area (Å²) in [6.07, 6.45) is 8.24. The molecule has 0 spiro atoms. The molecule has 0 aliphatic carbocycles. The number of hydrogen-bond donors (Lipinski definition) is 0. The molecule has 1 aromatic rings. The van der Waals surface area contributed by atoms with Gasteiger partial charge in [-0.3, -0.25) is 4.79 Å². The highest BCUT2D eigenvalue weighted by atomic mass is 32.2. The number of aromatic nitrogens is 2. The fourth-order valence-corrected chi connectivity index (χ4v) is 4.33. The van der Waals surface area contributed by atoms with Crippen LogP contribution < -0.4 is 0 Å². The van der Waals surface area contributed by atoms with Gasteiger partial charge in [-0.25, -0.2) is 9.97 Å². The predicted molar refractivity (Wildman–Crippen MR) is 93.6 cm³/mol. The Morgan fingerprint density at radius 1 is 1.26 bits per heavy atom. The minimum atomic E-state index is 0.287. The molecule has 5 nitrogen and oxygen atoms in total. The lowest BCUT2D eigenvalue weighted by Crippen LogP contribution is -2.40. The van der Waals surface area contributed by atoms with Gasteiger partial charge >= 0.3 is 0 Å². The molecular weight excluding hydrogens is 308 g/mol. The predicted octanol–water partition coefficient (Wildman–Crippen LogP) is 2.01. The lowest BCUT2D eigenvalue weighted by atomic mass is 9.94. The Labute approximate surface area is 142 Å². The Morgan fingerprint density at radius 2 is 2.13 bits per heavy atom. The van der Waals surface area contributed by atoms with Crippen LogP contribution in [0.5, 0.6) is 0 Å². The Hall–Kier alpha value is -1.14. The normalized spacial score (nSPS) is 22.4. The maximum Gasteiger partial charge on any atom is 0.232 e. The van der Waals surface area contributed by atoms with Gasteiger partial charge < -0.3 is 9.80 Å². The van der Waals surface area contributed by atoms with Crippen molar-refractivity contribution in [3.05, 3.63) is 24.3 Å². The molecule has 0 N–H and O–H groups in total. The van der Waals surface area contributed by atoms with Gasteiger partial charge in [0.15, 0.2) is 0 Å². The van der Waals surface area contributed by atoms with Crippen molar-refractivity contribution in [2.24, 2.45) is 0 Å². The molecule has 2 aliphatic heterocycles. The highest BCUT2D eigenvalue weighted by molar-refractivity contribution is 7.99. The number of likely N-dealkylation sites (tertiary alicyclic amines) is 2. The molecule has 2 fully saturated rings. The summed E-state index contributed by atoms with van der Waals surface area (Å²) in [6.45, 7) is 5.31. The zero-order valence-corrected chi connectivity index (χ0v) is 14.5. The Morgan fingerprint density at radius 3 is 2.91 bits per heavy atom. The van der Waals surface area contributed by atoms with Crippen molar-refractivity contribution in [1.82, 2.24) is 19.8 Å². The topological polar surface area (TPSA) is 49.3 Å². The van der Waals surface area contributed by atoms with E-state index in [-0.39, 0.29) is 5.91 Å². The molecule has 2 saturated heterocycles. The molecule has 1 amide bonds. The number of carbonyl (C=O) groups is 1. The number of nitrogens with zero attached hydrogens (tertiary/aromatic N) is 4. The molecular formula is C17H26N4OS. The summed E-state index contributed by atoms with van der Waals surface area (Å²) in [6, 6.07) is 1.98. The molecule has 3 rings (SSSR count). The minimum Gasteiger partial charge on any atom is -0.341 e. The van der Waals surface area contributed by atoms with Gasteiger partial charge in [0.25, 0.3) is 0 Å². The molecule has 23 heavy (non-hydrogen) atoms. The van der Waals surface area contributed by atoms with Crippen molar-refractivity contribution in [1.29, 1.82) is 0 Å². The summed E-state index contributed by atoms with van der Waals surface area (Å²) in [5.74, 6) is 2.33. The van der Waals surface area contributed by atoms with Gasteiger partial charge in [0.1, 0.15) is 6.33 Å². The number of carbonyl (C=O) groups excluding carboxylic acids is 1. The number of rotatable bonds is 6. The van der Waals surface area contributed by atoms with Crippen LogP contribution in [0.25, 0.3) is 0 Å². The lowest BCUT2D eigenvalue weighted by molar-refractivity contribution is -0.129. The molecule has 0 unspecified atom stereocenters. The number of thioether (sulfide) groups is 1. The maximum absolute atomic E-state index is 12.4. The van der Waals surface area contributed by atoms with Crippen molar-refractivity contribution >= 4 is 17.7 Å². The van der Waals surface area contributed by atoms with Crippen molar-refractivity contribution in [2.45, 2.75) is 31.6 Å². The number of amides is 1. The van der Waals surface area contributed by atoms with Crippen molar-refractivity contribution < 1.29 is 4.79 Å². The average Bonchev–Trinajstić information content (AvgIpc) is 3.13. The first kappa shape index (κ1) is 16.7. The molecule has 1 aromatic heterocycles. The second-order valence-electron chi connectivity index (χ2n) is 6.41. The van der Waals surface area contributed by atoms with Crippen LogP contribution in [-0.4, -0.2) is 69.9 Å². The number of hydrogen-bond acceptors (Lipinski definition) is 5. The van der Waals surface area contributed by atoms with Crippen LogP contribution in [-0.2, 0) is 4.79 Å². The smallest absolute Gasteiger partial charge is 0.232 e. The summed E-state index contributed by atoms with van der Waals surface area (Å²) in [5, 5.41) is 0. The van der Waals surface area contributed by atoms with E-state index in [9.17, 15) is 4.79 Å². The lowest BCUT2D eigenvalue weighted by Gasteiger charge is -2.32. The van der Waals surface area contributed by atoms with Crippen LogP contribution in [0, 0.1) is 0 Å². The Bertz CT molecular complexity index is 493. The molecule has 126 valence electrons. The SMILES string of the molecule is O=C(CSCCN1CCCC1)N1CCC[C@@H](c2ccncn2)C1. The fourth-order valence-electron chi connectivity index (χ4n) is 3.44. The van der Waals surface area contributed by atoms with Crippen LogP contribution >= 0.6 is 11.8 Å². The van der Waals surface area contributed by atoms with Gasteiger partial charge in [0.2, 0.25) is 5.91 Å². The molecule has 3 heterocycles. The van der Waals surface area contributed by atoms with Gasteiger partial charge in [-0.05, 0) is 44.8 Å². The largest absolute Gasteiger partial charge is 0.341 e. The third-order valence-electron chi connectivity index (χ3n) is 4.77. The molecule has 1 atom stereocenters. The number of piperidine rings is 1. The molecule has 2 aliphatic rings. The standard InChI is InChI=1S/C17H26N4OS/c22-17(13-23-11-10-20-7-1-2-8-20)21-9-3-4-15(12-21)16-5-6-18-14-19-16/h5-6,14-15H,1-4,7-13H2/t15-/m1/s1. The van der Waals surface area contributed by atoms with E-state index in [4.69, 9.17) is 0 Å². The summed E-state index contributed by atoms with van der Waals surface area (Å²) < 4.78 is 0. The molecule has 0 aromatic carbocycles. The van der Waals surface area contributed by atoms with E-state index < -0.39 is 0 Å². The van der Waals surface area contributed by atoms with Gasteiger partial charge in [-0.15, -0.1) is 0 Å². The summed E-state index contributed by atoms with van der Waals surface area (Å²) >= 11 is 1.78. The van der Waals surface area contributed by atoms with Crippen LogP contribution in [0.2, 0.25) is 0 Å². The van der Waals surface area contributed by atoms with E-state index in [0.717, 1.165) is 43.9 Å². The minimum absolute atomic E-state index is 0.287. The zero-order chi connectivity index (χ0) is 15.9. The summed E-state index contributed by atoms with van der Waals surface area (Å²) in [4.78, 5) is 25.3. The third-order valence-corrected chi connectivity index (χ3v) is 5.70. The third kappa shape index (κ3) is 4.91. The van der Waals surface area contributed by atoms with E-state index >= 15 is 0 Å². The second-order valence-corrected chi connectivity index (χ2v) is 7.52. The van der Waals surface area contributed by atoms with Crippen LogP contribution in [0.1, 0.15) is 37.3 Å². The molecule has 6 heteroatoms. The quantitative estimate of drug-likeness (QED) is 0.745. The van der Waals surface area contributed by atoms with E-state index in [2.05, 4.69) is 14.9 Å². The first-order valence-corrected chi connectivity index (χ1v) is 9.82. The van der Waals surface area contributed by atoms with Gasteiger partial charge in [-0.2, -0.15) is 11.8 Å². The maximum atomic E-state index is 12.4. The second kappa shape index (κ2) is 8.64. The zero-order valence-electron chi connectivity index (χ0n) is 13.7. The van der Waals surface area contributed by atoms with Gasteiger partial charge in [0, 0.05) is 43.2 Å². The van der Waals surface area contributed by atoms with Crippen molar-refractivity contribution in [2.75, 3.05) is 44.2 Å². The molecule has 0 bridgehead atoms. The molecule has 0 saturated carbocycles. The van der Waals surface area contributed by atoms with Crippen molar-refractivity contribution in [3.63, 3.8) is 0 Å². The first-order chi connectivity index (χ1) is 11.3. The monoisotopic (exact) mass is 334 g/mol. The van der Waals surface area contributed by atoms with Crippen LogP contribution in [0.3, 0.4) is 0 Å². The Kier molecular flexibility index (Phi) is 6.28. The first-order valence-electron chi connectivity index (χ1n) is 8.67. The van der Waals surface area contributed by atoms with E-state index in [1.807, 2.05) is 11.0 Å². The highest BCUT2D eigenvalue weighted by Crippen LogP contribution is 2.25. The van der Waals surface area contributed by atoms with Crippen LogP contribution in [0.15, 0.2) is 18.6 Å². The highest BCUT2D eigenvalue weighted by Gasteiger charge is 2.25.